The second kappa shape index (κ2) is 4.97. The van der Waals surface area contributed by atoms with Crippen molar-refractivity contribution >= 4 is 0 Å². The van der Waals surface area contributed by atoms with Crippen LogP contribution in [0.5, 0.6) is 0 Å². The van der Waals surface area contributed by atoms with E-state index in [9.17, 15) is 5.11 Å². The molecular weight excluding hydrogens is 228 g/mol. The number of aliphatic hydroxyl groups is 1. The van der Waals surface area contributed by atoms with Gasteiger partial charge in [-0.2, -0.15) is 0 Å². The maximum Gasteiger partial charge on any atom is 0.133 e. The average molecular weight is 250 g/mol. The molecule has 2 aliphatic heterocycles. The number of rotatable bonds is 2. The molecule has 1 fully saturated rings. The smallest absolute Gasteiger partial charge is 0.133 e. The normalized spacial score (nSPS) is 26.2. The van der Waals surface area contributed by atoms with Crippen LogP contribution in [0.15, 0.2) is 0 Å². The summed E-state index contributed by atoms with van der Waals surface area (Å²) in [5, 5.41) is 18.4. The third-order valence-corrected chi connectivity index (χ3v) is 4.31. The summed E-state index contributed by atoms with van der Waals surface area (Å²) in [7, 11) is 2.19. The molecule has 0 amide bonds. The van der Waals surface area contributed by atoms with E-state index < -0.39 is 0 Å². The lowest BCUT2D eigenvalue weighted by Crippen LogP contribution is -2.32. The van der Waals surface area contributed by atoms with E-state index in [1.54, 1.807) is 0 Å². The predicted molar refractivity (Wildman–Crippen MR) is 68.3 cm³/mol. The largest absolute Gasteiger partial charge is 0.391 e. The van der Waals surface area contributed by atoms with Gasteiger partial charge in [0.2, 0.25) is 0 Å². The summed E-state index contributed by atoms with van der Waals surface area (Å²) < 4.78 is 2.15. The minimum atomic E-state index is -0.218. The van der Waals surface area contributed by atoms with Gasteiger partial charge in [0, 0.05) is 12.8 Å². The third-order valence-electron chi connectivity index (χ3n) is 4.31. The molecule has 0 bridgehead atoms. The molecule has 1 saturated heterocycles. The SMILES string of the molecule is CN1CCC(Cc2nnc3n2CC(O)CC3)CC1. The third kappa shape index (κ3) is 2.42. The molecule has 0 saturated carbocycles. The van der Waals surface area contributed by atoms with E-state index in [1.807, 2.05) is 0 Å². The van der Waals surface area contributed by atoms with Crippen LogP contribution in [0, 0.1) is 5.92 Å². The van der Waals surface area contributed by atoms with Crippen molar-refractivity contribution in [1.82, 2.24) is 19.7 Å². The van der Waals surface area contributed by atoms with Crippen molar-refractivity contribution in [2.45, 2.75) is 44.8 Å². The molecule has 1 unspecified atom stereocenters. The van der Waals surface area contributed by atoms with E-state index in [0.29, 0.717) is 6.54 Å². The minimum Gasteiger partial charge on any atom is -0.391 e. The highest BCUT2D eigenvalue weighted by Crippen LogP contribution is 2.22. The fraction of sp³-hybridized carbons (Fsp3) is 0.846. The number of fused-ring (bicyclic) bond motifs is 1. The van der Waals surface area contributed by atoms with Crippen molar-refractivity contribution < 1.29 is 5.11 Å². The zero-order valence-electron chi connectivity index (χ0n) is 11.0. The maximum atomic E-state index is 9.76. The van der Waals surface area contributed by atoms with Gasteiger partial charge in [-0.05, 0) is 45.3 Å². The summed E-state index contributed by atoms with van der Waals surface area (Å²) in [6.45, 7) is 3.06. The van der Waals surface area contributed by atoms with Gasteiger partial charge >= 0.3 is 0 Å². The highest BCUT2D eigenvalue weighted by atomic mass is 16.3. The Morgan fingerprint density at radius 2 is 2.00 bits per heavy atom. The molecule has 0 spiro atoms. The van der Waals surface area contributed by atoms with Gasteiger partial charge in [0.05, 0.1) is 12.6 Å². The number of hydrogen-bond acceptors (Lipinski definition) is 4. The van der Waals surface area contributed by atoms with Crippen molar-refractivity contribution in [3.8, 4) is 0 Å². The molecule has 1 aromatic rings. The number of likely N-dealkylation sites (tertiary alicyclic amines) is 1. The number of aromatic nitrogens is 3. The van der Waals surface area contributed by atoms with Crippen LogP contribution >= 0.6 is 0 Å². The Hall–Kier alpha value is -0.940. The first-order valence-electron chi connectivity index (χ1n) is 7.00. The zero-order valence-corrected chi connectivity index (χ0v) is 11.0. The molecule has 5 heteroatoms. The van der Waals surface area contributed by atoms with Crippen LogP contribution in [0.2, 0.25) is 0 Å². The van der Waals surface area contributed by atoms with Crippen LogP contribution in [0.25, 0.3) is 0 Å². The van der Waals surface area contributed by atoms with Crippen molar-refractivity contribution in [1.29, 1.82) is 0 Å². The fourth-order valence-corrected chi connectivity index (χ4v) is 3.04. The Labute approximate surface area is 108 Å². The molecule has 1 aromatic heterocycles. The molecule has 1 N–H and O–H groups in total. The summed E-state index contributed by atoms with van der Waals surface area (Å²) in [6, 6.07) is 0. The number of piperidine rings is 1. The fourth-order valence-electron chi connectivity index (χ4n) is 3.04. The first kappa shape index (κ1) is 12.1. The number of nitrogens with zero attached hydrogens (tertiary/aromatic N) is 4. The molecule has 0 aliphatic carbocycles. The van der Waals surface area contributed by atoms with E-state index in [4.69, 9.17) is 0 Å². The van der Waals surface area contributed by atoms with Gasteiger partial charge in [0.15, 0.2) is 0 Å². The lowest BCUT2D eigenvalue weighted by atomic mass is 9.93. The van der Waals surface area contributed by atoms with Crippen LogP contribution in [0.1, 0.15) is 30.9 Å². The number of hydrogen-bond donors (Lipinski definition) is 1. The highest BCUT2D eigenvalue weighted by molar-refractivity contribution is 5.01. The second-order valence-electron chi connectivity index (χ2n) is 5.79. The van der Waals surface area contributed by atoms with E-state index in [-0.39, 0.29) is 6.10 Å². The molecule has 0 radical (unpaired) electrons. The molecule has 3 heterocycles. The summed E-state index contributed by atoms with van der Waals surface area (Å²) >= 11 is 0. The quantitative estimate of drug-likeness (QED) is 0.829. The van der Waals surface area contributed by atoms with Crippen LogP contribution in [-0.4, -0.2) is 51.0 Å². The van der Waals surface area contributed by atoms with Crippen molar-refractivity contribution in [3.63, 3.8) is 0 Å². The zero-order chi connectivity index (χ0) is 12.5. The van der Waals surface area contributed by atoms with Gasteiger partial charge in [-0.25, -0.2) is 0 Å². The molecule has 0 aromatic carbocycles. The summed E-state index contributed by atoms with van der Waals surface area (Å²) in [6.07, 6.45) is 4.99. The van der Waals surface area contributed by atoms with Gasteiger partial charge in [0.1, 0.15) is 11.6 Å². The maximum absolute atomic E-state index is 9.76. The van der Waals surface area contributed by atoms with Crippen molar-refractivity contribution in [2.24, 2.45) is 5.92 Å². The number of aryl methyl sites for hydroxylation is 1. The Balaban J connectivity index is 1.68. The average Bonchev–Trinajstić information content (AvgIpc) is 2.75. The second-order valence-corrected chi connectivity index (χ2v) is 5.79. The van der Waals surface area contributed by atoms with E-state index in [2.05, 4.69) is 26.7 Å². The van der Waals surface area contributed by atoms with E-state index in [0.717, 1.165) is 36.8 Å². The molecule has 3 rings (SSSR count). The van der Waals surface area contributed by atoms with Gasteiger partial charge in [0.25, 0.3) is 0 Å². The van der Waals surface area contributed by atoms with E-state index >= 15 is 0 Å². The first-order chi connectivity index (χ1) is 8.72. The van der Waals surface area contributed by atoms with Crippen LogP contribution in [-0.2, 0) is 19.4 Å². The molecule has 2 aliphatic rings. The van der Waals surface area contributed by atoms with Crippen LogP contribution in [0.3, 0.4) is 0 Å². The first-order valence-corrected chi connectivity index (χ1v) is 7.00. The Morgan fingerprint density at radius 3 is 2.78 bits per heavy atom. The lowest BCUT2D eigenvalue weighted by molar-refractivity contribution is 0.128. The summed E-state index contributed by atoms with van der Waals surface area (Å²) in [4.78, 5) is 2.39. The lowest BCUT2D eigenvalue weighted by Gasteiger charge is -2.29. The number of aliphatic hydroxyl groups excluding tert-OH is 1. The monoisotopic (exact) mass is 250 g/mol. The highest BCUT2D eigenvalue weighted by Gasteiger charge is 2.24. The Morgan fingerprint density at radius 1 is 1.22 bits per heavy atom. The molecule has 5 nitrogen and oxygen atoms in total. The van der Waals surface area contributed by atoms with Crippen LogP contribution < -0.4 is 0 Å². The van der Waals surface area contributed by atoms with Gasteiger partial charge in [-0.15, -0.1) is 10.2 Å². The Bertz CT molecular complexity index is 409. The van der Waals surface area contributed by atoms with Crippen molar-refractivity contribution in [3.05, 3.63) is 11.6 Å². The van der Waals surface area contributed by atoms with Crippen LogP contribution in [0.4, 0.5) is 0 Å². The standard InChI is InChI=1S/C13H22N4O/c1-16-6-4-10(5-7-16)8-13-15-14-12-3-2-11(18)9-17(12)13/h10-11,18H,2-9H2,1H3. The van der Waals surface area contributed by atoms with Gasteiger partial charge in [-0.3, -0.25) is 0 Å². The van der Waals surface area contributed by atoms with Gasteiger partial charge in [-0.1, -0.05) is 0 Å². The molecule has 100 valence electrons. The summed E-state index contributed by atoms with van der Waals surface area (Å²) in [5.41, 5.74) is 0. The molecular formula is C13H22N4O. The van der Waals surface area contributed by atoms with E-state index in [1.165, 1.54) is 25.9 Å². The molecule has 18 heavy (non-hydrogen) atoms. The summed E-state index contributed by atoms with van der Waals surface area (Å²) in [5.74, 6) is 2.87. The predicted octanol–water partition coefficient (Wildman–Crippen LogP) is 0.469. The minimum absolute atomic E-state index is 0.218. The topological polar surface area (TPSA) is 54.2 Å². The van der Waals surface area contributed by atoms with Gasteiger partial charge < -0.3 is 14.6 Å². The molecule has 1 atom stereocenters. The Kier molecular flexibility index (Phi) is 3.35. The van der Waals surface area contributed by atoms with Crippen molar-refractivity contribution in [2.75, 3.05) is 20.1 Å².